The van der Waals surface area contributed by atoms with Gasteiger partial charge in [-0.1, -0.05) is 42.5 Å². The van der Waals surface area contributed by atoms with Gasteiger partial charge >= 0.3 is 0 Å². The highest BCUT2D eigenvalue weighted by atomic mass is 32.2. The summed E-state index contributed by atoms with van der Waals surface area (Å²) < 4.78 is 31.4. The van der Waals surface area contributed by atoms with E-state index >= 15 is 0 Å². The molecule has 0 unspecified atom stereocenters. The van der Waals surface area contributed by atoms with Crippen LogP contribution in [-0.2, 0) is 16.6 Å². The summed E-state index contributed by atoms with van der Waals surface area (Å²) in [7, 11) is -3.40. The van der Waals surface area contributed by atoms with Crippen molar-refractivity contribution in [1.29, 1.82) is 0 Å². The van der Waals surface area contributed by atoms with Crippen molar-refractivity contribution in [3.05, 3.63) is 60.2 Å². The van der Waals surface area contributed by atoms with Crippen LogP contribution in [-0.4, -0.2) is 23.8 Å². The van der Waals surface area contributed by atoms with E-state index in [1.807, 2.05) is 42.5 Å². The zero-order chi connectivity index (χ0) is 18.0. The minimum absolute atomic E-state index is 0.109. The molecule has 0 spiro atoms. The molecule has 0 saturated heterocycles. The van der Waals surface area contributed by atoms with Gasteiger partial charge in [0, 0.05) is 29.7 Å². The maximum absolute atomic E-state index is 12.2. The van der Waals surface area contributed by atoms with Crippen LogP contribution in [0.4, 0.5) is 5.13 Å². The minimum atomic E-state index is -3.40. The highest BCUT2D eigenvalue weighted by molar-refractivity contribution is 7.89. The molecule has 4 rings (SSSR count). The van der Waals surface area contributed by atoms with Crippen molar-refractivity contribution in [3.63, 3.8) is 0 Å². The second-order valence-electron chi connectivity index (χ2n) is 6.18. The van der Waals surface area contributed by atoms with E-state index in [-0.39, 0.29) is 6.04 Å². The molecule has 0 atom stereocenters. The maximum Gasteiger partial charge on any atom is 0.240 e. The lowest BCUT2D eigenvalue weighted by Gasteiger charge is -2.07. The number of hydrogen-bond acceptors (Lipinski definition) is 6. The summed E-state index contributed by atoms with van der Waals surface area (Å²) in [4.78, 5) is 4.78. The maximum atomic E-state index is 12.2. The number of hydrogen-bond donors (Lipinski definition) is 2. The molecule has 6 nitrogen and oxygen atoms in total. The fraction of sp³-hybridized carbons (Fsp3) is 0.222. The zero-order valence-corrected chi connectivity index (χ0v) is 15.6. The van der Waals surface area contributed by atoms with E-state index in [4.69, 9.17) is 0 Å². The van der Waals surface area contributed by atoms with Crippen molar-refractivity contribution >= 4 is 26.7 Å². The monoisotopic (exact) mass is 386 g/mol. The zero-order valence-electron chi connectivity index (χ0n) is 13.9. The summed E-state index contributed by atoms with van der Waals surface area (Å²) in [5.41, 5.74) is 1.96. The fourth-order valence-corrected chi connectivity index (χ4v) is 4.34. The quantitative estimate of drug-likeness (QED) is 0.651. The Morgan fingerprint density at radius 2 is 1.77 bits per heavy atom. The van der Waals surface area contributed by atoms with Gasteiger partial charge in [0.2, 0.25) is 15.2 Å². The van der Waals surface area contributed by atoms with Crippen molar-refractivity contribution < 1.29 is 8.42 Å². The molecule has 26 heavy (non-hydrogen) atoms. The fourth-order valence-electron chi connectivity index (χ4n) is 2.45. The van der Waals surface area contributed by atoms with E-state index in [9.17, 15) is 8.42 Å². The second kappa shape index (κ2) is 7.14. The molecular weight excluding hydrogens is 368 g/mol. The van der Waals surface area contributed by atoms with Gasteiger partial charge in [0.25, 0.3) is 0 Å². The summed E-state index contributed by atoms with van der Waals surface area (Å²) >= 11 is 1.31. The lowest BCUT2D eigenvalue weighted by atomic mass is 10.2. The molecule has 0 radical (unpaired) electrons. The van der Waals surface area contributed by atoms with Crippen LogP contribution >= 0.6 is 11.5 Å². The second-order valence-corrected chi connectivity index (χ2v) is 8.65. The van der Waals surface area contributed by atoms with Crippen LogP contribution in [0.3, 0.4) is 0 Å². The van der Waals surface area contributed by atoms with Crippen molar-refractivity contribution in [2.75, 3.05) is 5.32 Å². The molecule has 0 amide bonds. The molecule has 1 aliphatic rings. The molecule has 2 N–H and O–H groups in total. The van der Waals surface area contributed by atoms with E-state index in [2.05, 4.69) is 19.4 Å². The summed E-state index contributed by atoms with van der Waals surface area (Å²) in [5.74, 6) is 0.700. The molecule has 1 fully saturated rings. The number of nitrogens with zero attached hydrogens (tertiary/aromatic N) is 2. The molecule has 1 heterocycles. The Bertz CT molecular complexity index is 982. The highest BCUT2D eigenvalue weighted by Gasteiger charge is 2.27. The minimum Gasteiger partial charge on any atom is -0.356 e. The van der Waals surface area contributed by atoms with Gasteiger partial charge in [0.05, 0.1) is 4.90 Å². The first kappa shape index (κ1) is 17.1. The van der Waals surface area contributed by atoms with E-state index in [1.54, 1.807) is 12.1 Å². The predicted octanol–water partition coefficient (Wildman–Crippen LogP) is 3.26. The summed E-state index contributed by atoms with van der Waals surface area (Å²) in [5, 5.41) is 3.96. The molecule has 0 bridgehead atoms. The van der Waals surface area contributed by atoms with Crippen molar-refractivity contribution in [2.24, 2.45) is 0 Å². The molecule has 134 valence electrons. The SMILES string of the molecule is O=S(=O)(NC1CC1)c1ccc(CNc2nc(-c3ccccc3)ns2)cc1. The first-order chi connectivity index (χ1) is 12.6. The number of anilines is 1. The highest BCUT2D eigenvalue weighted by Crippen LogP contribution is 2.23. The van der Waals surface area contributed by atoms with E-state index in [0.29, 0.717) is 17.3 Å². The smallest absolute Gasteiger partial charge is 0.240 e. The number of rotatable bonds is 7. The van der Waals surface area contributed by atoms with Gasteiger partial charge in [-0.15, -0.1) is 0 Å². The Hall–Kier alpha value is -2.29. The standard InChI is InChI=1S/C18H18N4O2S2/c23-26(24,22-15-8-9-15)16-10-6-13(7-11-16)12-19-18-20-17(21-25-18)14-4-2-1-3-5-14/h1-7,10-11,15,22H,8-9,12H2,(H,19,20,21). The number of sulfonamides is 1. The Labute approximate surface area is 156 Å². The van der Waals surface area contributed by atoms with Crippen LogP contribution < -0.4 is 10.0 Å². The predicted molar refractivity (Wildman–Crippen MR) is 102 cm³/mol. The Balaban J connectivity index is 1.38. The average Bonchev–Trinajstić information content (AvgIpc) is 3.33. The van der Waals surface area contributed by atoms with Gasteiger partial charge in [-0.05, 0) is 30.5 Å². The van der Waals surface area contributed by atoms with E-state index < -0.39 is 10.0 Å². The molecule has 0 aliphatic heterocycles. The number of aromatic nitrogens is 2. The first-order valence-electron chi connectivity index (χ1n) is 8.34. The van der Waals surface area contributed by atoms with Crippen LogP contribution in [0.1, 0.15) is 18.4 Å². The van der Waals surface area contributed by atoms with E-state index in [0.717, 1.165) is 29.1 Å². The first-order valence-corrected chi connectivity index (χ1v) is 10.6. The lowest BCUT2D eigenvalue weighted by Crippen LogP contribution is -2.25. The molecule has 1 aromatic heterocycles. The molecule has 1 saturated carbocycles. The summed E-state index contributed by atoms with van der Waals surface area (Å²) in [6.07, 6.45) is 1.85. The van der Waals surface area contributed by atoms with Crippen LogP contribution in [0.15, 0.2) is 59.5 Å². The van der Waals surface area contributed by atoms with Crippen LogP contribution in [0.2, 0.25) is 0 Å². The average molecular weight is 387 g/mol. The topological polar surface area (TPSA) is 84.0 Å². The third-order valence-electron chi connectivity index (χ3n) is 4.03. The third kappa shape index (κ3) is 4.09. The Morgan fingerprint density at radius 1 is 1.04 bits per heavy atom. The van der Waals surface area contributed by atoms with Crippen LogP contribution in [0.25, 0.3) is 11.4 Å². The van der Waals surface area contributed by atoms with Gasteiger partial charge < -0.3 is 5.32 Å². The third-order valence-corrected chi connectivity index (χ3v) is 6.24. The van der Waals surface area contributed by atoms with E-state index in [1.165, 1.54) is 11.5 Å². The van der Waals surface area contributed by atoms with Gasteiger partial charge in [0.1, 0.15) is 0 Å². The lowest BCUT2D eigenvalue weighted by molar-refractivity contribution is 0.581. The Morgan fingerprint density at radius 3 is 2.46 bits per heavy atom. The molecule has 3 aromatic rings. The molecule has 8 heteroatoms. The summed E-state index contributed by atoms with van der Waals surface area (Å²) in [6.45, 7) is 0.555. The normalized spacial score (nSPS) is 14.3. The van der Waals surface area contributed by atoms with Crippen molar-refractivity contribution in [1.82, 2.24) is 14.1 Å². The van der Waals surface area contributed by atoms with Crippen LogP contribution in [0.5, 0.6) is 0 Å². The van der Waals surface area contributed by atoms with Gasteiger partial charge in [-0.2, -0.15) is 9.36 Å². The van der Waals surface area contributed by atoms with Crippen molar-refractivity contribution in [2.45, 2.75) is 30.3 Å². The van der Waals surface area contributed by atoms with Gasteiger partial charge in [-0.25, -0.2) is 13.1 Å². The van der Waals surface area contributed by atoms with Gasteiger partial charge in [0.15, 0.2) is 5.82 Å². The largest absolute Gasteiger partial charge is 0.356 e. The van der Waals surface area contributed by atoms with Crippen molar-refractivity contribution in [3.8, 4) is 11.4 Å². The summed E-state index contributed by atoms with van der Waals surface area (Å²) in [6, 6.07) is 16.8. The van der Waals surface area contributed by atoms with Crippen LogP contribution in [0, 0.1) is 0 Å². The molecule has 2 aromatic carbocycles. The molecular formula is C18H18N4O2S2. The van der Waals surface area contributed by atoms with Gasteiger partial charge in [-0.3, -0.25) is 0 Å². The molecule has 1 aliphatic carbocycles. The number of benzene rings is 2. The Kier molecular flexibility index (Phi) is 4.71. The number of nitrogens with one attached hydrogen (secondary N) is 2.